The molecule has 0 bridgehead atoms. The Morgan fingerprint density at radius 3 is 2.03 bits per heavy atom. The van der Waals surface area contributed by atoms with E-state index in [0.29, 0.717) is 6.42 Å². The van der Waals surface area contributed by atoms with Crippen molar-refractivity contribution in [2.75, 3.05) is 7.11 Å². The molecule has 9 heteroatoms. The van der Waals surface area contributed by atoms with Crippen molar-refractivity contribution in [3.05, 3.63) is 71.8 Å². The summed E-state index contributed by atoms with van der Waals surface area (Å²) in [6.07, 6.45) is 0.466. The van der Waals surface area contributed by atoms with Gasteiger partial charge in [0, 0.05) is 6.42 Å². The number of rotatable bonds is 13. The maximum absolute atomic E-state index is 13.1. The van der Waals surface area contributed by atoms with Crippen LogP contribution < -0.4 is 16.4 Å². The first-order valence-corrected chi connectivity index (χ1v) is 11.9. The molecule has 0 heterocycles. The second-order valence-corrected chi connectivity index (χ2v) is 8.60. The zero-order valence-electron chi connectivity index (χ0n) is 20.9. The molecule has 4 N–H and O–H groups in total. The van der Waals surface area contributed by atoms with Gasteiger partial charge in [0.05, 0.1) is 19.6 Å². The Bertz CT molecular complexity index is 999. The summed E-state index contributed by atoms with van der Waals surface area (Å²) in [6, 6.07) is 15.2. The van der Waals surface area contributed by atoms with E-state index in [0.717, 1.165) is 11.1 Å². The fourth-order valence-electron chi connectivity index (χ4n) is 3.48. The van der Waals surface area contributed by atoms with E-state index in [1.807, 2.05) is 67.6 Å². The van der Waals surface area contributed by atoms with Gasteiger partial charge in [-0.1, -0.05) is 80.9 Å². The maximum atomic E-state index is 13.1. The van der Waals surface area contributed by atoms with Crippen molar-refractivity contribution in [1.29, 1.82) is 0 Å². The molecule has 9 nitrogen and oxygen atoms in total. The van der Waals surface area contributed by atoms with E-state index < -0.39 is 41.9 Å². The summed E-state index contributed by atoms with van der Waals surface area (Å²) in [5, 5.41) is 5.33. The molecular weight excluding hydrogens is 462 g/mol. The van der Waals surface area contributed by atoms with Crippen LogP contribution in [0.2, 0.25) is 0 Å². The van der Waals surface area contributed by atoms with E-state index in [9.17, 15) is 19.2 Å². The number of amides is 2. The van der Waals surface area contributed by atoms with Gasteiger partial charge >= 0.3 is 11.9 Å². The van der Waals surface area contributed by atoms with Crippen molar-refractivity contribution in [2.45, 2.75) is 57.8 Å². The van der Waals surface area contributed by atoms with Crippen LogP contribution in [-0.4, -0.2) is 49.0 Å². The van der Waals surface area contributed by atoms with Crippen molar-refractivity contribution in [3.8, 4) is 0 Å². The molecule has 0 aliphatic rings. The molecule has 0 aliphatic heterocycles. The van der Waals surface area contributed by atoms with Gasteiger partial charge in [0.2, 0.25) is 11.8 Å². The van der Waals surface area contributed by atoms with Crippen LogP contribution in [0.15, 0.2) is 60.7 Å². The second-order valence-electron chi connectivity index (χ2n) is 8.60. The zero-order valence-corrected chi connectivity index (χ0v) is 20.9. The fraction of sp³-hybridized carbons (Fsp3) is 0.407. The zero-order chi connectivity index (χ0) is 26.5. The molecule has 2 aromatic rings. The molecule has 2 amide bonds. The summed E-state index contributed by atoms with van der Waals surface area (Å²) < 4.78 is 10.0. The summed E-state index contributed by atoms with van der Waals surface area (Å²) in [4.78, 5) is 50.4. The maximum Gasteiger partial charge on any atom is 0.328 e. The molecule has 0 saturated carbocycles. The van der Waals surface area contributed by atoms with Crippen LogP contribution in [0.1, 0.15) is 37.8 Å². The number of carbonyl (C=O) groups excluding carboxylic acids is 4. The van der Waals surface area contributed by atoms with Crippen LogP contribution in [0.25, 0.3) is 0 Å². The predicted octanol–water partition coefficient (Wildman–Crippen LogP) is 1.88. The molecule has 0 saturated heterocycles. The molecular formula is C27H35N3O6. The van der Waals surface area contributed by atoms with Gasteiger partial charge in [-0.15, -0.1) is 0 Å². The van der Waals surface area contributed by atoms with Crippen molar-refractivity contribution in [3.63, 3.8) is 0 Å². The lowest BCUT2D eigenvalue weighted by atomic mass is 9.96. The molecule has 0 fully saturated rings. The van der Waals surface area contributed by atoms with Crippen LogP contribution in [0.3, 0.4) is 0 Å². The summed E-state index contributed by atoms with van der Waals surface area (Å²) in [5.74, 6) is -2.69. The number of nitrogens with two attached hydrogens (primary N) is 1. The smallest absolute Gasteiger partial charge is 0.328 e. The van der Waals surface area contributed by atoms with Gasteiger partial charge in [-0.05, 0) is 17.0 Å². The van der Waals surface area contributed by atoms with Crippen molar-refractivity contribution in [2.24, 2.45) is 11.7 Å². The van der Waals surface area contributed by atoms with Gasteiger partial charge in [-0.3, -0.25) is 14.4 Å². The summed E-state index contributed by atoms with van der Waals surface area (Å²) in [7, 11) is 1.25. The standard InChI is InChI=1S/C27H35N3O6/c1-4-18(2)24(26(33)29-22(27(34)35-3)15-19-11-7-5-8-12-19)30-25(32)21(28)16-23(31)36-17-20-13-9-6-10-14-20/h5-14,18,21-22,24H,4,15-17,28H2,1-3H3,(H,29,33)(H,30,32). The third kappa shape index (κ3) is 9.14. The average Bonchev–Trinajstić information content (AvgIpc) is 2.90. The highest BCUT2D eigenvalue weighted by molar-refractivity contribution is 5.93. The number of carbonyl (C=O) groups is 4. The fourth-order valence-corrected chi connectivity index (χ4v) is 3.48. The molecule has 4 atom stereocenters. The number of ether oxygens (including phenoxy) is 2. The first-order chi connectivity index (χ1) is 17.2. The SMILES string of the molecule is CCC(C)C(NC(=O)C(N)CC(=O)OCc1ccccc1)C(=O)NC(Cc1ccccc1)C(=O)OC. The monoisotopic (exact) mass is 497 g/mol. The van der Waals surface area contributed by atoms with Gasteiger partial charge in [0.25, 0.3) is 0 Å². The highest BCUT2D eigenvalue weighted by Crippen LogP contribution is 2.11. The van der Waals surface area contributed by atoms with Crippen molar-refractivity contribution < 1.29 is 28.7 Å². The topological polar surface area (TPSA) is 137 Å². The molecule has 0 radical (unpaired) electrons. The van der Waals surface area contributed by atoms with Gasteiger partial charge in [-0.2, -0.15) is 0 Å². The van der Waals surface area contributed by atoms with Crippen LogP contribution in [0, 0.1) is 5.92 Å². The highest BCUT2D eigenvalue weighted by atomic mass is 16.5. The molecule has 4 unspecified atom stereocenters. The number of nitrogens with one attached hydrogen (secondary N) is 2. The molecule has 0 spiro atoms. The molecule has 194 valence electrons. The van der Waals surface area contributed by atoms with Crippen LogP contribution in [-0.2, 0) is 41.7 Å². The Kier molecular flexibility index (Phi) is 11.6. The Balaban J connectivity index is 1.99. The minimum Gasteiger partial charge on any atom is -0.467 e. The van der Waals surface area contributed by atoms with Gasteiger partial charge in [0.15, 0.2) is 0 Å². The summed E-state index contributed by atoms with van der Waals surface area (Å²) in [6.45, 7) is 3.75. The third-order valence-corrected chi connectivity index (χ3v) is 5.84. The molecule has 0 aliphatic carbocycles. The lowest BCUT2D eigenvalue weighted by Gasteiger charge is -2.27. The molecule has 36 heavy (non-hydrogen) atoms. The molecule has 2 rings (SSSR count). The lowest BCUT2D eigenvalue weighted by Crippen LogP contribution is -2.57. The predicted molar refractivity (Wildman–Crippen MR) is 134 cm³/mol. The van der Waals surface area contributed by atoms with E-state index >= 15 is 0 Å². The van der Waals surface area contributed by atoms with E-state index in [2.05, 4.69) is 10.6 Å². The van der Waals surface area contributed by atoms with Crippen LogP contribution in [0.4, 0.5) is 0 Å². The quantitative estimate of drug-likeness (QED) is 0.359. The van der Waals surface area contributed by atoms with Crippen molar-refractivity contribution >= 4 is 23.8 Å². The molecule has 0 aromatic heterocycles. The largest absolute Gasteiger partial charge is 0.467 e. The minimum absolute atomic E-state index is 0.0717. The minimum atomic E-state index is -1.20. The molecule has 2 aromatic carbocycles. The number of methoxy groups -OCH3 is 1. The second kappa shape index (κ2) is 14.6. The number of benzene rings is 2. The average molecular weight is 498 g/mol. The van der Waals surface area contributed by atoms with Gasteiger partial charge in [-0.25, -0.2) is 4.79 Å². The highest BCUT2D eigenvalue weighted by Gasteiger charge is 2.32. The lowest BCUT2D eigenvalue weighted by molar-refractivity contribution is -0.147. The number of hydrogen-bond acceptors (Lipinski definition) is 7. The van der Waals surface area contributed by atoms with Crippen LogP contribution in [0.5, 0.6) is 0 Å². The normalized spacial score (nSPS) is 14.0. The first-order valence-electron chi connectivity index (χ1n) is 11.9. The summed E-state index contributed by atoms with van der Waals surface area (Å²) in [5.41, 5.74) is 7.59. The van der Waals surface area contributed by atoms with E-state index in [-0.39, 0.29) is 25.4 Å². The number of hydrogen-bond donors (Lipinski definition) is 3. The van der Waals surface area contributed by atoms with E-state index in [4.69, 9.17) is 15.2 Å². The summed E-state index contributed by atoms with van der Waals surface area (Å²) >= 11 is 0. The third-order valence-electron chi connectivity index (χ3n) is 5.84. The van der Waals surface area contributed by atoms with Crippen LogP contribution >= 0.6 is 0 Å². The Morgan fingerprint density at radius 2 is 1.47 bits per heavy atom. The van der Waals surface area contributed by atoms with Gasteiger partial charge < -0.3 is 25.8 Å². The number of esters is 2. The Labute approximate surface area is 211 Å². The van der Waals surface area contributed by atoms with E-state index in [1.54, 1.807) is 6.92 Å². The Morgan fingerprint density at radius 1 is 0.889 bits per heavy atom. The van der Waals surface area contributed by atoms with Gasteiger partial charge in [0.1, 0.15) is 18.7 Å². The van der Waals surface area contributed by atoms with Crippen molar-refractivity contribution in [1.82, 2.24) is 10.6 Å². The Hall–Kier alpha value is -3.72. The van der Waals surface area contributed by atoms with E-state index in [1.165, 1.54) is 7.11 Å². The first kappa shape index (κ1) is 28.5.